The van der Waals surface area contributed by atoms with Gasteiger partial charge in [0.05, 0.1) is 0 Å². The Kier molecular flexibility index (Phi) is 4.49. The third-order valence-corrected chi connectivity index (χ3v) is 3.19. The van der Waals surface area contributed by atoms with Crippen molar-refractivity contribution in [2.75, 3.05) is 0 Å². The van der Waals surface area contributed by atoms with Gasteiger partial charge in [-0.15, -0.1) is 5.10 Å². The van der Waals surface area contributed by atoms with Gasteiger partial charge in [-0.3, -0.25) is 9.89 Å². The highest BCUT2D eigenvalue weighted by molar-refractivity contribution is 9.10. The van der Waals surface area contributed by atoms with E-state index in [9.17, 15) is 9.18 Å². The lowest BCUT2D eigenvalue weighted by Crippen LogP contribution is -2.24. The highest BCUT2D eigenvalue weighted by atomic mass is 79.9. The van der Waals surface area contributed by atoms with Gasteiger partial charge in [-0.2, -0.15) is 0 Å². The van der Waals surface area contributed by atoms with Crippen molar-refractivity contribution in [3.63, 3.8) is 0 Å². The second-order valence-electron chi connectivity index (χ2n) is 4.62. The van der Waals surface area contributed by atoms with Gasteiger partial charge in [-0.1, -0.05) is 29.8 Å². The van der Waals surface area contributed by atoms with E-state index in [1.807, 2.05) is 13.8 Å². The van der Waals surface area contributed by atoms with Crippen LogP contribution in [-0.2, 0) is 6.54 Å². The molecule has 1 heterocycles. The van der Waals surface area contributed by atoms with Crippen LogP contribution in [0.1, 0.15) is 41.8 Å². The van der Waals surface area contributed by atoms with Gasteiger partial charge in [0, 0.05) is 22.5 Å². The van der Waals surface area contributed by atoms with E-state index in [1.54, 1.807) is 12.1 Å². The fourth-order valence-electron chi connectivity index (χ4n) is 1.57. The minimum absolute atomic E-state index is 0.0594. The van der Waals surface area contributed by atoms with Crippen LogP contribution in [0, 0.1) is 5.82 Å². The highest BCUT2D eigenvalue weighted by Gasteiger charge is 2.14. The summed E-state index contributed by atoms with van der Waals surface area (Å²) >= 11 is 3.26. The van der Waals surface area contributed by atoms with E-state index >= 15 is 0 Å². The van der Waals surface area contributed by atoms with Crippen LogP contribution in [0.4, 0.5) is 4.39 Å². The topological polar surface area (TPSA) is 70.7 Å². The van der Waals surface area contributed by atoms with Crippen LogP contribution >= 0.6 is 15.9 Å². The normalized spacial score (nSPS) is 10.8. The van der Waals surface area contributed by atoms with Crippen molar-refractivity contribution in [2.45, 2.75) is 26.3 Å². The number of amides is 1. The van der Waals surface area contributed by atoms with E-state index in [2.05, 4.69) is 36.4 Å². The molecule has 0 bridgehead atoms. The molecule has 1 amide bonds. The van der Waals surface area contributed by atoms with Gasteiger partial charge in [0.25, 0.3) is 5.91 Å². The van der Waals surface area contributed by atoms with Crippen molar-refractivity contribution < 1.29 is 9.18 Å². The molecule has 20 heavy (non-hydrogen) atoms. The quantitative estimate of drug-likeness (QED) is 0.898. The molecule has 2 rings (SSSR count). The molecule has 7 heteroatoms. The van der Waals surface area contributed by atoms with Gasteiger partial charge in [-0.25, -0.2) is 9.37 Å². The van der Waals surface area contributed by atoms with E-state index < -0.39 is 5.91 Å². The summed E-state index contributed by atoms with van der Waals surface area (Å²) in [5.41, 5.74) is 0.396. The monoisotopic (exact) mass is 340 g/mol. The molecule has 2 aromatic rings. The molecular formula is C13H14BrFN4O. The number of hydrogen-bond acceptors (Lipinski definition) is 3. The van der Waals surface area contributed by atoms with E-state index in [0.717, 1.165) is 4.47 Å². The Bertz CT molecular complexity index is 627. The first-order valence-corrected chi connectivity index (χ1v) is 6.91. The van der Waals surface area contributed by atoms with Crippen molar-refractivity contribution in [3.8, 4) is 0 Å². The fraction of sp³-hybridized carbons (Fsp3) is 0.308. The van der Waals surface area contributed by atoms with Crippen molar-refractivity contribution in [3.05, 3.63) is 45.7 Å². The molecule has 0 saturated carbocycles. The molecule has 5 nitrogen and oxygen atoms in total. The first-order valence-electron chi connectivity index (χ1n) is 6.12. The summed E-state index contributed by atoms with van der Waals surface area (Å²) in [5, 5.41) is 9.13. The second-order valence-corrected chi connectivity index (χ2v) is 5.53. The summed E-state index contributed by atoms with van der Waals surface area (Å²) in [6.45, 7) is 3.97. The predicted octanol–water partition coefficient (Wildman–Crippen LogP) is 2.76. The van der Waals surface area contributed by atoms with E-state index in [-0.39, 0.29) is 24.1 Å². The van der Waals surface area contributed by atoms with Gasteiger partial charge in [0.15, 0.2) is 0 Å². The number of aromatic amines is 1. The Hall–Kier alpha value is -1.76. The van der Waals surface area contributed by atoms with Crippen LogP contribution in [0.5, 0.6) is 0 Å². The first kappa shape index (κ1) is 14.6. The number of carbonyl (C=O) groups is 1. The van der Waals surface area contributed by atoms with Crippen LogP contribution in [0.2, 0.25) is 0 Å². The summed E-state index contributed by atoms with van der Waals surface area (Å²) in [6, 6.07) is 4.56. The van der Waals surface area contributed by atoms with E-state index in [4.69, 9.17) is 0 Å². The number of H-pyrrole nitrogens is 1. The molecule has 0 aliphatic heterocycles. The fourth-order valence-corrected chi connectivity index (χ4v) is 1.98. The molecule has 2 N–H and O–H groups in total. The number of nitrogens with zero attached hydrogens (tertiary/aromatic N) is 2. The van der Waals surface area contributed by atoms with Gasteiger partial charge in [0.1, 0.15) is 11.6 Å². The van der Waals surface area contributed by atoms with E-state index in [0.29, 0.717) is 11.4 Å². The molecule has 1 aromatic heterocycles. The zero-order chi connectivity index (χ0) is 14.7. The minimum atomic E-state index is -0.437. The van der Waals surface area contributed by atoms with Gasteiger partial charge < -0.3 is 5.32 Å². The lowest BCUT2D eigenvalue weighted by molar-refractivity contribution is 0.0940. The van der Waals surface area contributed by atoms with Gasteiger partial charge in [-0.05, 0) is 18.2 Å². The number of nitrogens with one attached hydrogen (secondary N) is 2. The third kappa shape index (κ3) is 3.41. The van der Waals surface area contributed by atoms with Crippen molar-refractivity contribution in [1.82, 2.24) is 20.5 Å². The number of halogens is 2. The van der Waals surface area contributed by atoms with Gasteiger partial charge >= 0.3 is 0 Å². The highest BCUT2D eigenvalue weighted by Crippen LogP contribution is 2.15. The number of carbonyl (C=O) groups excluding carboxylic acids is 1. The molecule has 106 valence electrons. The molecule has 0 radical (unpaired) electrons. The number of rotatable bonds is 4. The lowest BCUT2D eigenvalue weighted by atomic mass is 10.2. The zero-order valence-electron chi connectivity index (χ0n) is 11.1. The molecule has 0 saturated heterocycles. The Morgan fingerprint density at radius 2 is 2.25 bits per heavy atom. The molecule has 0 atom stereocenters. The average Bonchev–Trinajstić information content (AvgIpc) is 2.89. The van der Waals surface area contributed by atoms with Crippen LogP contribution in [0.25, 0.3) is 0 Å². The molecule has 0 aliphatic carbocycles. The van der Waals surface area contributed by atoms with Crippen molar-refractivity contribution in [2.24, 2.45) is 0 Å². The molecule has 0 unspecified atom stereocenters. The maximum absolute atomic E-state index is 13.5. The second kappa shape index (κ2) is 6.13. The van der Waals surface area contributed by atoms with Crippen LogP contribution < -0.4 is 5.32 Å². The Morgan fingerprint density at radius 1 is 1.50 bits per heavy atom. The Balaban J connectivity index is 2.02. The van der Waals surface area contributed by atoms with Crippen LogP contribution in [0.3, 0.4) is 0 Å². The summed E-state index contributed by atoms with van der Waals surface area (Å²) in [6.07, 6.45) is 0. The predicted molar refractivity (Wildman–Crippen MR) is 75.7 cm³/mol. The average molecular weight is 341 g/mol. The summed E-state index contributed by atoms with van der Waals surface area (Å²) in [7, 11) is 0. The lowest BCUT2D eigenvalue weighted by Gasteiger charge is -2.05. The third-order valence-electron chi connectivity index (χ3n) is 2.70. The van der Waals surface area contributed by atoms with Crippen LogP contribution in [-0.4, -0.2) is 21.1 Å². The molecule has 1 aromatic carbocycles. The summed E-state index contributed by atoms with van der Waals surface area (Å²) in [4.78, 5) is 15.9. The summed E-state index contributed by atoms with van der Waals surface area (Å²) in [5.74, 6) is 0.0540. The minimum Gasteiger partial charge on any atom is -0.345 e. The largest absolute Gasteiger partial charge is 0.345 e. The van der Waals surface area contributed by atoms with Crippen molar-refractivity contribution >= 4 is 21.8 Å². The number of benzene rings is 1. The first-order chi connectivity index (χ1) is 9.47. The summed E-state index contributed by atoms with van der Waals surface area (Å²) < 4.78 is 14.3. The molecule has 0 spiro atoms. The van der Waals surface area contributed by atoms with Gasteiger partial charge in [0.2, 0.25) is 5.82 Å². The zero-order valence-corrected chi connectivity index (χ0v) is 12.7. The Labute approximate surface area is 124 Å². The van der Waals surface area contributed by atoms with Crippen LogP contribution in [0.15, 0.2) is 22.7 Å². The molecule has 0 aliphatic rings. The Morgan fingerprint density at radius 3 is 2.90 bits per heavy atom. The smallest absolute Gasteiger partial charge is 0.291 e. The SMILES string of the molecule is CC(C)c1nc(C(=O)NCc2cc(Br)ccc2F)n[nH]1. The van der Waals surface area contributed by atoms with Crippen molar-refractivity contribution in [1.29, 1.82) is 0 Å². The number of hydrogen-bond donors (Lipinski definition) is 2. The molecule has 0 fully saturated rings. The number of aromatic nitrogens is 3. The molecular weight excluding hydrogens is 327 g/mol. The standard InChI is InChI=1S/C13H14BrFN4O/c1-7(2)11-17-12(19-18-11)13(20)16-6-8-5-9(14)3-4-10(8)15/h3-5,7H,6H2,1-2H3,(H,16,20)(H,17,18,19). The maximum atomic E-state index is 13.5. The van der Waals surface area contributed by atoms with E-state index in [1.165, 1.54) is 6.07 Å². The maximum Gasteiger partial charge on any atom is 0.291 e.